The lowest BCUT2D eigenvalue weighted by Gasteiger charge is -2.20. The van der Waals surface area contributed by atoms with Gasteiger partial charge in [0.25, 0.3) is 0 Å². The summed E-state index contributed by atoms with van der Waals surface area (Å²) in [5.41, 5.74) is 4.04. The molecule has 3 rings (SSSR count). The minimum Gasteiger partial charge on any atom is -0.493 e. The number of nitrogens with one attached hydrogen (secondary N) is 2. The molecule has 0 spiro atoms. The van der Waals surface area contributed by atoms with Gasteiger partial charge in [-0.15, -0.1) is 0 Å². The Morgan fingerprint density at radius 3 is 2.55 bits per heavy atom. The smallest absolute Gasteiger partial charge is 0.224 e. The van der Waals surface area contributed by atoms with E-state index >= 15 is 0 Å². The molecule has 0 aliphatic heterocycles. The Morgan fingerprint density at radius 2 is 1.84 bits per heavy atom. The van der Waals surface area contributed by atoms with Gasteiger partial charge in [-0.3, -0.25) is 4.79 Å². The van der Waals surface area contributed by atoms with Crippen molar-refractivity contribution < 1.29 is 23.0 Å². The molecule has 0 saturated carbocycles. The van der Waals surface area contributed by atoms with Gasteiger partial charge in [-0.1, -0.05) is 37.6 Å². The highest BCUT2D eigenvalue weighted by atomic mass is 19.1. The van der Waals surface area contributed by atoms with Gasteiger partial charge in [0.2, 0.25) is 5.91 Å². The predicted octanol–water partition coefficient (Wildman–Crippen LogP) is 6.07. The summed E-state index contributed by atoms with van der Waals surface area (Å²) in [6.45, 7) is 6.20. The number of rotatable bonds is 15. The number of methoxy groups -OCH3 is 1. The van der Waals surface area contributed by atoms with Crippen LogP contribution in [0.15, 0.2) is 59.7 Å². The highest BCUT2D eigenvalue weighted by Crippen LogP contribution is 2.28. The highest BCUT2D eigenvalue weighted by molar-refractivity contribution is 5.79. The fourth-order valence-corrected chi connectivity index (χ4v) is 4.60. The monoisotopic (exact) mass is 526 g/mol. The van der Waals surface area contributed by atoms with E-state index in [-0.39, 0.29) is 18.4 Å². The van der Waals surface area contributed by atoms with Crippen LogP contribution in [-0.2, 0) is 17.6 Å². The number of ether oxygens (including phenoxy) is 2. The van der Waals surface area contributed by atoms with E-state index in [2.05, 4.69) is 29.7 Å². The molecule has 206 valence electrons. The summed E-state index contributed by atoms with van der Waals surface area (Å²) >= 11 is 0. The van der Waals surface area contributed by atoms with Gasteiger partial charge in [0, 0.05) is 18.7 Å². The fraction of sp³-hybridized carbons (Fsp3) is 0.452. The molecule has 1 amide bonds. The molecule has 0 saturated heterocycles. The molecule has 2 aromatic rings. The highest BCUT2D eigenvalue weighted by Gasteiger charge is 2.16. The number of benzene rings is 2. The zero-order valence-corrected chi connectivity index (χ0v) is 22.7. The van der Waals surface area contributed by atoms with Crippen molar-refractivity contribution in [2.45, 2.75) is 64.8 Å². The van der Waals surface area contributed by atoms with Gasteiger partial charge in [-0.05, 0) is 86.0 Å². The van der Waals surface area contributed by atoms with Gasteiger partial charge in [0.1, 0.15) is 11.6 Å². The number of carbonyl (C=O) groups is 1. The van der Waals surface area contributed by atoms with Crippen molar-refractivity contribution in [2.24, 2.45) is 0 Å². The van der Waals surface area contributed by atoms with Crippen molar-refractivity contribution >= 4 is 5.91 Å². The molecule has 0 unspecified atom stereocenters. The first-order valence-corrected chi connectivity index (χ1v) is 13.5. The van der Waals surface area contributed by atoms with Crippen LogP contribution in [0.1, 0.15) is 57.1 Å². The van der Waals surface area contributed by atoms with Gasteiger partial charge >= 0.3 is 0 Å². The van der Waals surface area contributed by atoms with Crippen LogP contribution < -0.4 is 20.1 Å². The molecular formula is C31H40F2N2O3. The first kappa shape index (κ1) is 29.4. The zero-order chi connectivity index (χ0) is 27.3. The van der Waals surface area contributed by atoms with E-state index in [9.17, 15) is 13.6 Å². The normalized spacial score (nSPS) is 13.9. The van der Waals surface area contributed by atoms with E-state index in [4.69, 9.17) is 9.47 Å². The van der Waals surface area contributed by atoms with Crippen molar-refractivity contribution in [3.8, 4) is 11.5 Å². The van der Waals surface area contributed by atoms with Crippen LogP contribution in [0.4, 0.5) is 8.78 Å². The molecule has 7 heteroatoms. The maximum atomic E-state index is 13.8. The van der Waals surface area contributed by atoms with Gasteiger partial charge in [-0.2, -0.15) is 0 Å². The molecule has 0 radical (unpaired) electrons. The average molecular weight is 527 g/mol. The summed E-state index contributed by atoms with van der Waals surface area (Å²) < 4.78 is 38.7. The van der Waals surface area contributed by atoms with Crippen molar-refractivity contribution in [1.82, 2.24) is 10.6 Å². The van der Waals surface area contributed by atoms with E-state index in [0.29, 0.717) is 43.1 Å². The molecule has 5 nitrogen and oxygen atoms in total. The van der Waals surface area contributed by atoms with Crippen molar-refractivity contribution in [3.63, 3.8) is 0 Å². The quantitative estimate of drug-likeness (QED) is 0.277. The minimum atomic E-state index is -0.622. The molecule has 38 heavy (non-hydrogen) atoms. The summed E-state index contributed by atoms with van der Waals surface area (Å²) in [5, 5.41) is 6.53. The van der Waals surface area contributed by atoms with Crippen molar-refractivity contribution in [3.05, 3.63) is 82.5 Å². The Morgan fingerprint density at radius 1 is 1.05 bits per heavy atom. The molecule has 0 fully saturated rings. The number of halogens is 2. The van der Waals surface area contributed by atoms with Gasteiger partial charge in [0.05, 0.1) is 20.1 Å². The summed E-state index contributed by atoms with van der Waals surface area (Å²) in [7, 11) is 1.57. The van der Waals surface area contributed by atoms with Crippen LogP contribution in [0.3, 0.4) is 0 Å². The third kappa shape index (κ3) is 9.60. The van der Waals surface area contributed by atoms with Crippen molar-refractivity contribution in [2.75, 3.05) is 26.8 Å². The molecule has 0 aromatic heterocycles. The lowest BCUT2D eigenvalue weighted by Crippen LogP contribution is -2.39. The molecular weight excluding hydrogens is 486 g/mol. The predicted molar refractivity (Wildman–Crippen MR) is 148 cm³/mol. The second-order valence-electron chi connectivity index (χ2n) is 9.70. The van der Waals surface area contributed by atoms with E-state index < -0.39 is 11.6 Å². The van der Waals surface area contributed by atoms with E-state index in [0.717, 1.165) is 43.9 Å². The lowest BCUT2D eigenvalue weighted by molar-refractivity contribution is -0.121. The number of allylic oxidation sites excluding steroid dienone is 2. The number of hydrogen-bond acceptors (Lipinski definition) is 4. The topological polar surface area (TPSA) is 59.6 Å². The lowest BCUT2D eigenvalue weighted by atomic mass is 9.97. The summed E-state index contributed by atoms with van der Waals surface area (Å²) in [6.07, 6.45) is 9.76. The minimum absolute atomic E-state index is 0.156. The third-order valence-corrected chi connectivity index (χ3v) is 6.54. The van der Waals surface area contributed by atoms with Crippen LogP contribution in [0.5, 0.6) is 11.5 Å². The van der Waals surface area contributed by atoms with Crippen LogP contribution in [0.25, 0.3) is 0 Å². The standard InChI is InChI=1S/C31H40F2N2O3/c1-4-13-38-29-10-9-23(18-30(29)37-3)19-31(36)35-28(17-25-15-26(32)20-27(33)16-25)11-12-34-21-24-8-6-7-22(5-2)14-24/h8-10,14-16,18,20,28,34H,4-7,11-13,17,19,21H2,1-3H3,(H,35,36)/t28-/m1/s1. The van der Waals surface area contributed by atoms with E-state index in [1.165, 1.54) is 23.3 Å². The Hall–Kier alpha value is -3.19. The third-order valence-electron chi connectivity index (χ3n) is 6.54. The van der Waals surface area contributed by atoms with Crippen LogP contribution >= 0.6 is 0 Å². The summed E-state index contributed by atoms with van der Waals surface area (Å²) in [5.74, 6) is -0.185. The Balaban J connectivity index is 1.62. The average Bonchev–Trinajstić information content (AvgIpc) is 2.89. The van der Waals surface area contributed by atoms with Gasteiger partial charge in [0.15, 0.2) is 11.5 Å². The van der Waals surface area contributed by atoms with Crippen LogP contribution in [0.2, 0.25) is 0 Å². The van der Waals surface area contributed by atoms with Gasteiger partial charge < -0.3 is 20.1 Å². The first-order chi connectivity index (χ1) is 18.4. The maximum Gasteiger partial charge on any atom is 0.224 e. The Bertz CT molecular complexity index is 1110. The second kappa shape index (κ2) is 15.3. The van der Waals surface area contributed by atoms with Crippen LogP contribution in [-0.4, -0.2) is 38.8 Å². The van der Waals surface area contributed by atoms with Crippen molar-refractivity contribution in [1.29, 1.82) is 0 Å². The zero-order valence-electron chi connectivity index (χ0n) is 22.7. The molecule has 1 atom stereocenters. The largest absolute Gasteiger partial charge is 0.493 e. The number of carbonyl (C=O) groups excluding carboxylic acids is 1. The summed E-state index contributed by atoms with van der Waals surface area (Å²) in [6, 6.07) is 8.68. The fourth-order valence-electron chi connectivity index (χ4n) is 4.60. The second-order valence-corrected chi connectivity index (χ2v) is 9.70. The van der Waals surface area contributed by atoms with E-state index in [1.807, 2.05) is 19.1 Å². The van der Waals surface area contributed by atoms with E-state index in [1.54, 1.807) is 13.2 Å². The van der Waals surface area contributed by atoms with Crippen LogP contribution in [0, 0.1) is 11.6 Å². The molecule has 2 N–H and O–H groups in total. The molecule has 0 heterocycles. The molecule has 1 aliphatic carbocycles. The Kier molecular flexibility index (Phi) is 11.8. The number of amides is 1. The number of hydrogen-bond donors (Lipinski definition) is 2. The Labute approximate surface area is 225 Å². The summed E-state index contributed by atoms with van der Waals surface area (Å²) in [4.78, 5) is 13.0. The first-order valence-electron chi connectivity index (χ1n) is 13.5. The molecule has 0 bridgehead atoms. The SMILES string of the molecule is CCCOc1ccc(CC(=O)N[C@H](CCNCC2=CCCC(CC)=C2)Cc2cc(F)cc(F)c2)cc1OC. The molecule has 2 aromatic carbocycles. The maximum absolute atomic E-state index is 13.8. The molecule has 1 aliphatic rings. The van der Waals surface area contributed by atoms with Gasteiger partial charge in [-0.25, -0.2) is 8.78 Å².